The van der Waals surface area contributed by atoms with Gasteiger partial charge in [-0.1, -0.05) is 6.07 Å². The SMILES string of the molecule is CCNC(=NCc1cc(OC)c(OC)c(OC)c1)NCc1cccnc1OC. The zero-order valence-electron chi connectivity index (χ0n) is 17.0. The highest BCUT2D eigenvalue weighted by Crippen LogP contribution is 2.38. The molecule has 0 aliphatic rings. The predicted molar refractivity (Wildman–Crippen MR) is 109 cm³/mol. The van der Waals surface area contributed by atoms with Crippen LogP contribution in [0, 0.1) is 0 Å². The van der Waals surface area contributed by atoms with Crippen molar-refractivity contribution in [1.29, 1.82) is 0 Å². The summed E-state index contributed by atoms with van der Waals surface area (Å²) >= 11 is 0. The zero-order valence-corrected chi connectivity index (χ0v) is 17.0. The van der Waals surface area contributed by atoms with Crippen molar-refractivity contribution in [3.8, 4) is 23.1 Å². The van der Waals surface area contributed by atoms with Gasteiger partial charge in [-0.2, -0.15) is 0 Å². The lowest BCUT2D eigenvalue weighted by Crippen LogP contribution is -2.36. The molecule has 1 heterocycles. The lowest BCUT2D eigenvalue weighted by atomic mass is 10.2. The minimum atomic E-state index is 0.441. The number of pyridine rings is 1. The lowest BCUT2D eigenvalue weighted by molar-refractivity contribution is 0.324. The fraction of sp³-hybridized carbons (Fsp3) is 0.400. The van der Waals surface area contributed by atoms with Gasteiger partial charge in [0.05, 0.1) is 35.0 Å². The smallest absolute Gasteiger partial charge is 0.218 e. The van der Waals surface area contributed by atoms with E-state index in [1.807, 2.05) is 31.2 Å². The van der Waals surface area contributed by atoms with Gasteiger partial charge in [0, 0.05) is 24.8 Å². The molecule has 0 radical (unpaired) electrons. The first-order valence-corrected chi connectivity index (χ1v) is 8.95. The Morgan fingerprint density at radius 3 is 2.29 bits per heavy atom. The maximum atomic E-state index is 5.40. The molecule has 28 heavy (non-hydrogen) atoms. The first-order chi connectivity index (χ1) is 13.7. The summed E-state index contributed by atoms with van der Waals surface area (Å²) in [6.07, 6.45) is 1.70. The normalized spacial score (nSPS) is 11.0. The van der Waals surface area contributed by atoms with Gasteiger partial charge in [-0.05, 0) is 30.7 Å². The van der Waals surface area contributed by atoms with Crippen LogP contribution in [0.4, 0.5) is 0 Å². The Balaban J connectivity index is 2.16. The Labute approximate surface area is 165 Å². The molecule has 152 valence electrons. The number of rotatable bonds is 9. The fourth-order valence-corrected chi connectivity index (χ4v) is 2.66. The van der Waals surface area contributed by atoms with Gasteiger partial charge >= 0.3 is 0 Å². The van der Waals surface area contributed by atoms with Gasteiger partial charge in [0.2, 0.25) is 11.6 Å². The average Bonchev–Trinajstić information content (AvgIpc) is 2.74. The monoisotopic (exact) mass is 388 g/mol. The maximum absolute atomic E-state index is 5.40. The van der Waals surface area contributed by atoms with Crippen molar-refractivity contribution in [3.05, 3.63) is 41.6 Å². The van der Waals surface area contributed by atoms with Crippen molar-refractivity contribution < 1.29 is 18.9 Å². The van der Waals surface area contributed by atoms with Crippen LogP contribution in [0.1, 0.15) is 18.1 Å². The number of benzene rings is 1. The molecule has 0 unspecified atom stereocenters. The van der Waals surface area contributed by atoms with Crippen LogP contribution in [0.25, 0.3) is 0 Å². The molecule has 0 aliphatic heterocycles. The summed E-state index contributed by atoms with van der Waals surface area (Å²) in [5.41, 5.74) is 1.88. The highest BCUT2D eigenvalue weighted by molar-refractivity contribution is 5.79. The number of hydrogen-bond acceptors (Lipinski definition) is 6. The van der Waals surface area contributed by atoms with Gasteiger partial charge in [-0.3, -0.25) is 0 Å². The van der Waals surface area contributed by atoms with Crippen LogP contribution in [0.15, 0.2) is 35.5 Å². The topological polar surface area (TPSA) is 86.2 Å². The Hall–Kier alpha value is -3.16. The van der Waals surface area contributed by atoms with E-state index in [-0.39, 0.29) is 0 Å². The Bertz CT molecular complexity index is 771. The summed E-state index contributed by atoms with van der Waals surface area (Å²) in [4.78, 5) is 8.85. The fourth-order valence-electron chi connectivity index (χ4n) is 2.66. The lowest BCUT2D eigenvalue weighted by Gasteiger charge is -2.15. The number of aromatic nitrogens is 1. The van der Waals surface area contributed by atoms with Gasteiger partial charge in [-0.25, -0.2) is 9.98 Å². The largest absolute Gasteiger partial charge is 0.493 e. The molecule has 0 amide bonds. The van der Waals surface area contributed by atoms with Crippen LogP contribution < -0.4 is 29.6 Å². The van der Waals surface area contributed by atoms with E-state index in [0.29, 0.717) is 42.2 Å². The van der Waals surface area contributed by atoms with E-state index in [1.54, 1.807) is 34.6 Å². The standard InChI is InChI=1S/C20H28N4O4/c1-6-21-20(24-13-15-8-7-9-22-19(15)28-5)23-12-14-10-16(25-2)18(27-4)17(11-14)26-3/h7-11H,6,12-13H2,1-5H3,(H2,21,23,24). The van der Waals surface area contributed by atoms with Crippen LogP contribution in [0.2, 0.25) is 0 Å². The summed E-state index contributed by atoms with van der Waals surface area (Å²) in [7, 11) is 6.38. The molecule has 0 saturated heterocycles. The van der Waals surface area contributed by atoms with Gasteiger partial charge in [-0.15, -0.1) is 0 Å². The second-order valence-electron chi connectivity index (χ2n) is 5.75. The molecule has 8 heteroatoms. The Kier molecular flexibility index (Phi) is 8.20. The number of nitrogens with one attached hydrogen (secondary N) is 2. The molecule has 1 aromatic heterocycles. The molecule has 2 aromatic rings. The number of nitrogens with zero attached hydrogens (tertiary/aromatic N) is 2. The van der Waals surface area contributed by atoms with Crippen LogP contribution in [-0.4, -0.2) is 45.9 Å². The Morgan fingerprint density at radius 2 is 1.71 bits per heavy atom. The van der Waals surface area contributed by atoms with E-state index in [2.05, 4.69) is 20.6 Å². The van der Waals surface area contributed by atoms with Crippen LogP contribution in [0.5, 0.6) is 23.1 Å². The van der Waals surface area contributed by atoms with Crippen molar-refractivity contribution in [2.75, 3.05) is 35.0 Å². The van der Waals surface area contributed by atoms with Crippen molar-refractivity contribution in [3.63, 3.8) is 0 Å². The van der Waals surface area contributed by atoms with Crippen molar-refractivity contribution in [2.45, 2.75) is 20.0 Å². The number of guanidine groups is 1. The maximum Gasteiger partial charge on any atom is 0.218 e. The van der Waals surface area contributed by atoms with Gasteiger partial charge in [0.25, 0.3) is 0 Å². The molecule has 2 N–H and O–H groups in total. The molecule has 0 spiro atoms. The summed E-state index contributed by atoms with van der Waals surface area (Å²) in [6, 6.07) is 7.61. The van der Waals surface area contributed by atoms with E-state index >= 15 is 0 Å². The van der Waals surface area contributed by atoms with E-state index in [0.717, 1.165) is 17.7 Å². The Morgan fingerprint density at radius 1 is 1.00 bits per heavy atom. The van der Waals surface area contributed by atoms with Crippen LogP contribution in [0.3, 0.4) is 0 Å². The molecule has 0 aliphatic carbocycles. The molecule has 0 bridgehead atoms. The van der Waals surface area contributed by atoms with Crippen LogP contribution in [-0.2, 0) is 13.1 Å². The summed E-state index contributed by atoms with van der Waals surface area (Å²) in [6.45, 7) is 3.74. The van der Waals surface area contributed by atoms with E-state index < -0.39 is 0 Å². The van der Waals surface area contributed by atoms with Gasteiger partial charge < -0.3 is 29.6 Å². The minimum Gasteiger partial charge on any atom is -0.493 e. The number of ether oxygens (including phenoxy) is 4. The molecule has 0 fully saturated rings. The second-order valence-corrected chi connectivity index (χ2v) is 5.75. The average molecular weight is 388 g/mol. The van der Waals surface area contributed by atoms with Crippen molar-refractivity contribution in [1.82, 2.24) is 15.6 Å². The molecule has 1 aromatic carbocycles. The third-order valence-electron chi connectivity index (χ3n) is 3.98. The van der Waals surface area contributed by atoms with Crippen molar-refractivity contribution >= 4 is 5.96 Å². The number of aliphatic imine (C=N–C) groups is 1. The number of hydrogen-bond donors (Lipinski definition) is 2. The van der Waals surface area contributed by atoms with E-state index in [9.17, 15) is 0 Å². The van der Waals surface area contributed by atoms with E-state index in [1.165, 1.54) is 0 Å². The van der Waals surface area contributed by atoms with Crippen molar-refractivity contribution in [2.24, 2.45) is 4.99 Å². The minimum absolute atomic E-state index is 0.441. The predicted octanol–water partition coefficient (Wildman–Crippen LogP) is 2.37. The van der Waals surface area contributed by atoms with E-state index in [4.69, 9.17) is 18.9 Å². The summed E-state index contributed by atoms with van der Waals surface area (Å²) < 4.78 is 21.4. The highest BCUT2D eigenvalue weighted by Gasteiger charge is 2.13. The summed E-state index contributed by atoms with van der Waals surface area (Å²) in [5.74, 6) is 3.04. The first kappa shape index (κ1) is 21.1. The first-order valence-electron chi connectivity index (χ1n) is 8.95. The summed E-state index contributed by atoms with van der Waals surface area (Å²) in [5, 5.41) is 6.52. The van der Waals surface area contributed by atoms with Gasteiger partial charge in [0.1, 0.15) is 0 Å². The second kappa shape index (κ2) is 10.9. The van der Waals surface area contributed by atoms with Gasteiger partial charge in [0.15, 0.2) is 17.5 Å². The molecular weight excluding hydrogens is 360 g/mol. The molecular formula is C20H28N4O4. The molecule has 8 nitrogen and oxygen atoms in total. The number of methoxy groups -OCH3 is 4. The highest BCUT2D eigenvalue weighted by atomic mass is 16.5. The quantitative estimate of drug-likeness (QED) is 0.504. The molecule has 0 atom stereocenters. The van der Waals surface area contributed by atoms with Crippen LogP contribution >= 0.6 is 0 Å². The zero-order chi connectivity index (χ0) is 20.4. The molecule has 0 saturated carbocycles. The third-order valence-corrected chi connectivity index (χ3v) is 3.98. The third kappa shape index (κ3) is 5.42. The molecule has 2 rings (SSSR count).